The number of aliphatic hydroxyl groups excluding tert-OH is 1. The van der Waals surface area contributed by atoms with Crippen molar-refractivity contribution in [1.82, 2.24) is 9.97 Å². The lowest BCUT2D eigenvalue weighted by atomic mass is 10.3. The number of aryl methyl sites for hydroxylation is 2. The summed E-state index contributed by atoms with van der Waals surface area (Å²) >= 11 is 0. The lowest BCUT2D eigenvalue weighted by Gasteiger charge is -2.12. The molecule has 0 fully saturated rings. The summed E-state index contributed by atoms with van der Waals surface area (Å²) < 4.78 is 17.6. The molecule has 1 heterocycles. The Labute approximate surface area is 126 Å². The van der Waals surface area contributed by atoms with Gasteiger partial charge < -0.3 is 9.84 Å². The van der Waals surface area contributed by atoms with Gasteiger partial charge in [-0.25, -0.2) is 9.97 Å². The highest BCUT2D eigenvalue weighted by molar-refractivity contribution is 7.84. The molecular formula is C15H18N2O3S. The summed E-state index contributed by atoms with van der Waals surface area (Å²) in [5.41, 5.74) is 1.53. The van der Waals surface area contributed by atoms with Gasteiger partial charge in [-0.1, -0.05) is 18.2 Å². The molecular weight excluding hydrogens is 288 g/mol. The summed E-state index contributed by atoms with van der Waals surface area (Å²) in [6, 6.07) is 11.0. The van der Waals surface area contributed by atoms with E-state index < -0.39 is 16.9 Å². The molecule has 0 bridgehead atoms. The number of hydrogen-bond acceptors (Lipinski definition) is 5. The number of aliphatic hydroxyl groups is 1. The van der Waals surface area contributed by atoms with Crippen LogP contribution in [0.25, 0.3) is 0 Å². The lowest BCUT2D eigenvalue weighted by molar-refractivity contribution is 0.125. The first-order valence-electron chi connectivity index (χ1n) is 6.61. The molecule has 1 aromatic carbocycles. The van der Waals surface area contributed by atoms with Crippen molar-refractivity contribution >= 4 is 10.8 Å². The molecule has 21 heavy (non-hydrogen) atoms. The van der Waals surface area contributed by atoms with E-state index in [1.807, 2.05) is 38.1 Å². The van der Waals surface area contributed by atoms with Crippen LogP contribution in [0.5, 0.6) is 5.75 Å². The van der Waals surface area contributed by atoms with E-state index in [-0.39, 0.29) is 17.5 Å². The summed E-state index contributed by atoms with van der Waals surface area (Å²) in [6.45, 7) is 3.73. The topological polar surface area (TPSA) is 72.3 Å². The van der Waals surface area contributed by atoms with Crippen LogP contribution in [-0.4, -0.2) is 37.7 Å². The van der Waals surface area contributed by atoms with Crippen LogP contribution in [0.2, 0.25) is 0 Å². The molecule has 0 aliphatic heterocycles. The highest BCUT2D eigenvalue weighted by Gasteiger charge is 2.15. The van der Waals surface area contributed by atoms with Gasteiger partial charge in [0.2, 0.25) is 5.16 Å². The molecule has 0 amide bonds. The third kappa shape index (κ3) is 4.91. The Morgan fingerprint density at radius 1 is 1.19 bits per heavy atom. The van der Waals surface area contributed by atoms with Crippen LogP contribution in [0, 0.1) is 13.8 Å². The number of hydrogen-bond donors (Lipinski definition) is 1. The van der Waals surface area contributed by atoms with Crippen LogP contribution in [0.3, 0.4) is 0 Å². The first-order chi connectivity index (χ1) is 10.0. The molecule has 0 saturated heterocycles. The van der Waals surface area contributed by atoms with Crippen molar-refractivity contribution in [1.29, 1.82) is 0 Å². The van der Waals surface area contributed by atoms with Crippen LogP contribution < -0.4 is 4.74 Å². The van der Waals surface area contributed by atoms with Crippen LogP contribution in [-0.2, 0) is 10.8 Å². The second-order valence-corrected chi connectivity index (χ2v) is 6.11. The largest absolute Gasteiger partial charge is 0.491 e. The molecule has 0 spiro atoms. The van der Waals surface area contributed by atoms with Gasteiger partial charge in [-0.15, -0.1) is 0 Å². The number of rotatable bonds is 6. The van der Waals surface area contributed by atoms with Gasteiger partial charge in [-0.2, -0.15) is 0 Å². The molecule has 112 valence electrons. The zero-order valence-corrected chi connectivity index (χ0v) is 12.8. The Balaban J connectivity index is 1.90. The molecule has 5 nitrogen and oxygen atoms in total. The summed E-state index contributed by atoms with van der Waals surface area (Å²) in [5.74, 6) is 0.723. The Hall–Kier alpha value is -1.79. The minimum atomic E-state index is -1.44. The monoisotopic (exact) mass is 306 g/mol. The van der Waals surface area contributed by atoms with Gasteiger partial charge in [0.15, 0.2) is 0 Å². The third-order valence-corrected chi connectivity index (χ3v) is 3.97. The van der Waals surface area contributed by atoms with E-state index in [9.17, 15) is 9.32 Å². The molecule has 0 aliphatic rings. The van der Waals surface area contributed by atoms with Crippen LogP contribution in [0.1, 0.15) is 11.4 Å². The molecule has 1 aromatic heterocycles. The van der Waals surface area contributed by atoms with Crippen LogP contribution in [0.15, 0.2) is 41.6 Å². The smallest absolute Gasteiger partial charge is 0.219 e. The van der Waals surface area contributed by atoms with Gasteiger partial charge in [0.1, 0.15) is 12.4 Å². The second kappa shape index (κ2) is 7.28. The van der Waals surface area contributed by atoms with Gasteiger partial charge in [-0.05, 0) is 32.0 Å². The van der Waals surface area contributed by atoms with Crippen molar-refractivity contribution in [2.24, 2.45) is 0 Å². The van der Waals surface area contributed by atoms with Gasteiger partial charge in [0.05, 0.1) is 22.7 Å². The van der Waals surface area contributed by atoms with Crippen molar-refractivity contribution in [2.75, 3.05) is 12.4 Å². The summed E-state index contributed by atoms with van der Waals surface area (Å²) in [4.78, 5) is 8.28. The molecule has 1 N–H and O–H groups in total. The average Bonchev–Trinajstić information content (AvgIpc) is 2.45. The lowest BCUT2D eigenvalue weighted by Crippen LogP contribution is -2.25. The number of ether oxygens (including phenoxy) is 1. The van der Waals surface area contributed by atoms with E-state index in [0.717, 1.165) is 11.4 Å². The maximum atomic E-state index is 12.1. The Kier molecular flexibility index (Phi) is 5.41. The predicted octanol–water partition coefficient (Wildman–Crippen LogP) is 1.64. The quantitative estimate of drug-likeness (QED) is 0.821. The van der Waals surface area contributed by atoms with Gasteiger partial charge in [0, 0.05) is 11.4 Å². The van der Waals surface area contributed by atoms with Gasteiger partial charge in [-0.3, -0.25) is 4.21 Å². The van der Waals surface area contributed by atoms with Crippen molar-refractivity contribution in [3.63, 3.8) is 0 Å². The summed E-state index contributed by atoms with van der Waals surface area (Å²) in [6.07, 6.45) is -0.838. The fourth-order valence-corrected chi connectivity index (χ4v) is 2.89. The van der Waals surface area contributed by atoms with E-state index in [1.165, 1.54) is 0 Å². The average molecular weight is 306 g/mol. The Morgan fingerprint density at radius 3 is 2.43 bits per heavy atom. The Morgan fingerprint density at radius 2 is 1.81 bits per heavy atom. The minimum Gasteiger partial charge on any atom is -0.491 e. The Bertz CT molecular complexity index is 599. The van der Waals surface area contributed by atoms with Gasteiger partial charge >= 0.3 is 0 Å². The maximum absolute atomic E-state index is 12.1. The zero-order valence-electron chi connectivity index (χ0n) is 12.0. The highest BCUT2D eigenvalue weighted by Crippen LogP contribution is 2.10. The molecule has 0 saturated carbocycles. The fourth-order valence-electron chi connectivity index (χ4n) is 1.80. The van der Waals surface area contributed by atoms with Crippen molar-refractivity contribution in [3.8, 4) is 5.75 Å². The number of aromatic nitrogens is 2. The third-order valence-electron chi connectivity index (χ3n) is 2.69. The van der Waals surface area contributed by atoms with Crippen molar-refractivity contribution in [2.45, 2.75) is 25.1 Å². The number of nitrogens with zero attached hydrogens (tertiary/aromatic N) is 2. The van der Waals surface area contributed by atoms with E-state index in [1.54, 1.807) is 12.1 Å². The van der Waals surface area contributed by atoms with E-state index >= 15 is 0 Å². The normalized spacial score (nSPS) is 13.7. The maximum Gasteiger partial charge on any atom is 0.219 e. The first kappa shape index (κ1) is 15.6. The predicted molar refractivity (Wildman–Crippen MR) is 80.7 cm³/mol. The summed E-state index contributed by atoms with van der Waals surface area (Å²) in [5, 5.41) is 10.2. The molecule has 6 heteroatoms. The SMILES string of the molecule is Cc1cc(C)nc([S@@](=O)C[C@@H](O)COc2ccccc2)n1. The first-order valence-corrected chi connectivity index (χ1v) is 7.93. The van der Waals surface area contributed by atoms with E-state index in [4.69, 9.17) is 4.74 Å². The molecule has 0 radical (unpaired) electrons. The zero-order chi connectivity index (χ0) is 15.2. The molecule has 2 atom stereocenters. The number of para-hydroxylation sites is 1. The van der Waals surface area contributed by atoms with E-state index in [2.05, 4.69) is 9.97 Å². The van der Waals surface area contributed by atoms with E-state index in [0.29, 0.717) is 5.75 Å². The summed E-state index contributed by atoms with van der Waals surface area (Å²) in [7, 11) is -1.44. The molecule has 0 unspecified atom stereocenters. The number of benzene rings is 1. The molecule has 2 rings (SSSR count). The fraction of sp³-hybridized carbons (Fsp3) is 0.333. The van der Waals surface area contributed by atoms with Crippen LogP contribution in [0.4, 0.5) is 0 Å². The standard InChI is InChI=1S/C15H18N2O3S/c1-11-8-12(2)17-15(16-11)21(19)10-13(18)9-20-14-6-4-3-5-7-14/h3-8,13,18H,9-10H2,1-2H3/t13-,21-/m0/s1. The molecule has 2 aromatic rings. The van der Waals surface area contributed by atoms with Gasteiger partial charge in [0.25, 0.3) is 0 Å². The van der Waals surface area contributed by atoms with Crippen LogP contribution >= 0.6 is 0 Å². The highest BCUT2D eigenvalue weighted by atomic mass is 32.2. The minimum absolute atomic E-state index is 0.0513. The van der Waals surface area contributed by atoms with Crippen molar-refractivity contribution < 1.29 is 14.1 Å². The second-order valence-electron chi connectivity index (χ2n) is 4.72. The van der Waals surface area contributed by atoms with Crippen molar-refractivity contribution in [3.05, 3.63) is 47.8 Å². The molecule has 0 aliphatic carbocycles.